The van der Waals surface area contributed by atoms with Gasteiger partial charge in [0.05, 0.1) is 0 Å². The zero-order valence-electron chi connectivity index (χ0n) is 15.4. The Morgan fingerprint density at radius 3 is 2.29 bits per heavy atom. The zero-order valence-corrected chi connectivity index (χ0v) is 15.4. The van der Waals surface area contributed by atoms with E-state index < -0.39 is 0 Å². The predicted molar refractivity (Wildman–Crippen MR) is 98.8 cm³/mol. The van der Waals surface area contributed by atoms with Crippen molar-refractivity contribution in [2.75, 3.05) is 31.5 Å². The van der Waals surface area contributed by atoms with E-state index in [0.717, 1.165) is 42.0 Å². The summed E-state index contributed by atoms with van der Waals surface area (Å²) in [6, 6.07) is 5.99. The Balaban J connectivity index is 2.71. The lowest BCUT2D eigenvalue weighted by Crippen LogP contribution is -2.30. The number of amides is 1. The maximum atomic E-state index is 12.3. The molecule has 0 spiro atoms. The van der Waals surface area contributed by atoms with E-state index in [1.807, 2.05) is 39.0 Å². The van der Waals surface area contributed by atoms with E-state index in [-0.39, 0.29) is 11.5 Å². The van der Waals surface area contributed by atoms with Crippen LogP contribution in [0.4, 0.5) is 5.69 Å². The number of nitriles is 1. The number of nitrogens with one attached hydrogen (secondary N) is 2. The highest BCUT2D eigenvalue weighted by Gasteiger charge is 2.12. The number of hydrogen-bond donors (Lipinski definition) is 2. The van der Waals surface area contributed by atoms with Crippen LogP contribution in [0.5, 0.6) is 0 Å². The molecule has 1 aromatic carbocycles. The Bertz CT molecular complexity index is 616. The van der Waals surface area contributed by atoms with Gasteiger partial charge in [-0.25, -0.2) is 0 Å². The van der Waals surface area contributed by atoms with Gasteiger partial charge in [-0.2, -0.15) is 5.26 Å². The topological polar surface area (TPSA) is 68.2 Å². The first-order valence-corrected chi connectivity index (χ1v) is 8.38. The van der Waals surface area contributed by atoms with Crippen LogP contribution in [-0.2, 0) is 4.79 Å². The second kappa shape index (κ2) is 9.74. The predicted octanol–water partition coefficient (Wildman–Crippen LogP) is 2.89. The summed E-state index contributed by atoms with van der Waals surface area (Å²) in [4.78, 5) is 14.6. The number of rotatable bonds is 8. The Morgan fingerprint density at radius 2 is 1.79 bits per heavy atom. The van der Waals surface area contributed by atoms with Gasteiger partial charge < -0.3 is 15.5 Å². The lowest BCUT2D eigenvalue weighted by atomic mass is 10.0. The molecule has 5 nitrogen and oxygen atoms in total. The monoisotopic (exact) mass is 328 g/mol. The van der Waals surface area contributed by atoms with Gasteiger partial charge in [0, 0.05) is 25.0 Å². The molecule has 1 amide bonds. The van der Waals surface area contributed by atoms with Crippen molar-refractivity contribution in [2.45, 2.75) is 34.6 Å². The van der Waals surface area contributed by atoms with E-state index in [0.29, 0.717) is 6.54 Å². The molecule has 0 aliphatic rings. The van der Waals surface area contributed by atoms with Crippen LogP contribution >= 0.6 is 0 Å². The van der Waals surface area contributed by atoms with Gasteiger partial charge in [0.1, 0.15) is 11.6 Å². The van der Waals surface area contributed by atoms with Crippen molar-refractivity contribution >= 4 is 11.6 Å². The Hall–Kier alpha value is -2.32. The van der Waals surface area contributed by atoms with Crippen molar-refractivity contribution in [3.63, 3.8) is 0 Å². The average molecular weight is 328 g/mol. The molecule has 0 aliphatic carbocycles. The summed E-state index contributed by atoms with van der Waals surface area (Å²) in [5.74, 6) is -0.386. The highest BCUT2D eigenvalue weighted by Crippen LogP contribution is 2.22. The van der Waals surface area contributed by atoms with Gasteiger partial charge in [0.15, 0.2) is 0 Å². The summed E-state index contributed by atoms with van der Waals surface area (Å²) in [5, 5.41) is 15.1. The van der Waals surface area contributed by atoms with Gasteiger partial charge in [0.25, 0.3) is 5.91 Å². The lowest BCUT2D eigenvalue weighted by molar-refractivity contribution is -0.112. The average Bonchev–Trinajstić information content (AvgIpc) is 2.54. The molecule has 0 bridgehead atoms. The quantitative estimate of drug-likeness (QED) is 0.437. The van der Waals surface area contributed by atoms with Crippen molar-refractivity contribution in [1.29, 1.82) is 5.26 Å². The van der Waals surface area contributed by atoms with Crippen LogP contribution in [-0.4, -0.2) is 37.0 Å². The van der Waals surface area contributed by atoms with Gasteiger partial charge in [-0.05, 0) is 45.0 Å². The van der Waals surface area contributed by atoms with Crippen LogP contribution in [0.1, 0.15) is 30.5 Å². The van der Waals surface area contributed by atoms with Crippen LogP contribution in [0.2, 0.25) is 0 Å². The molecule has 0 saturated carbocycles. The van der Waals surface area contributed by atoms with Crippen molar-refractivity contribution in [3.8, 4) is 6.07 Å². The SMILES string of the molecule is CCN(CC)CCN/C=C(/C#N)C(=O)Nc1c(C)cc(C)cc1C. The van der Waals surface area contributed by atoms with Gasteiger partial charge in [-0.1, -0.05) is 31.5 Å². The fourth-order valence-electron chi connectivity index (χ4n) is 2.64. The van der Waals surface area contributed by atoms with Gasteiger partial charge >= 0.3 is 0 Å². The number of carbonyl (C=O) groups excluding carboxylic acids is 1. The molecule has 0 radical (unpaired) electrons. The van der Waals surface area contributed by atoms with Crippen LogP contribution in [0.3, 0.4) is 0 Å². The first kappa shape index (κ1) is 19.7. The van der Waals surface area contributed by atoms with E-state index in [9.17, 15) is 10.1 Å². The molecule has 0 saturated heterocycles. The van der Waals surface area contributed by atoms with Crippen molar-refractivity contribution in [2.24, 2.45) is 0 Å². The minimum Gasteiger partial charge on any atom is -0.388 e. The van der Waals surface area contributed by atoms with Crippen LogP contribution in [0.25, 0.3) is 0 Å². The number of hydrogen-bond acceptors (Lipinski definition) is 4. The van der Waals surface area contributed by atoms with Crippen molar-refractivity contribution in [1.82, 2.24) is 10.2 Å². The van der Waals surface area contributed by atoms with E-state index in [1.165, 1.54) is 6.20 Å². The minimum absolute atomic E-state index is 0.0777. The Morgan fingerprint density at radius 1 is 1.21 bits per heavy atom. The smallest absolute Gasteiger partial charge is 0.267 e. The molecule has 0 heterocycles. The summed E-state index contributed by atoms with van der Waals surface area (Å²) < 4.78 is 0. The summed E-state index contributed by atoms with van der Waals surface area (Å²) in [7, 11) is 0. The maximum absolute atomic E-state index is 12.3. The fourth-order valence-corrected chi connectivity index (χ4v) is 2.64. The number of nitrogens with zero attached hydrogens (tertiary/aromatic N) is 2. The molecule has 0 aliphatic heterocycles. The number of likely N-dealkylation sites (N-methyl/N-ethyl adjacent to an activating group) is 1. The summed E-state index contributed by atoms with van der Waals surface area (Å²) >= 11 is 0. The molecule has 0 aromatic heterocycles. The molecule has 0 atom stereocenters. The first-order chi connectivity index (χ1) is 11.4. The maximum Gasteiger partial charge on any atom is 0.267 e. The first-order valence-electron chi connectivity index (χ1n) is 8.38. The molecule has 24 heavy (non-hydrogen) atoms. The van der Waals surface area contributed by atoms with Crippen LogP contribution in [0.15, 0.2) is 23.9 Å². The van der Waals surface area contributed by atoms with Crippen LogP contribution in [0, 0.1) is 32.1 Å². The van der Waals surface area contributed by atoms with Gasteiger partial charge in [0.2, 0.25) is 0 Å². The molecule has 2 N–H and O–H groups in total. The lowest BCUT2D eigenvalue weighted by Gasteiger charge is -2.17. The van der Waals surface area contributed by atoms with E-state index in [4.69, 9.17) is 0 Å². The third kappa shape index (κ3) is 5.71. The zero-order chi connectivity index (χ0) is 18.1. The summed E-state index contributed by atoms with van der Waals surface area (Å²) in [5.41, 5.74) is 3.99. The number of carbonyl (C=O) groups is 1. The third-order valence-corrected chi connectivity index (χ3v) is 3.99. The number of aryl methyl sites for hydroxylation is 3. The number of benzene rings is 1. The van der Waals surface area contributed by atoms with Crippen molar-refractivity contribution < 1.29 is 4.79 Å². The van der Waals surface area contributed by atoms with E-state index in [1.54, 1.807) is 0 Å². The summed E-state index contributed by atoms with van der Waals surface area (Å²) in [6.45, 7) is 13.7. The minimum atomic E-state index is -0.386. The number of anilines is 1. The second-order valence-corrected chi connectivity index (χ2v) is 5.88. The third-order valence-electron chi connectivity index (χ3n) is 3.99. The molecule has 5 heteroatoms. The molecule has 1 aromatic rings. The molecular weight excluding hydrogens is 300 g/mol. The standard InChI is InChI=1S/C19H28N4O/c1-6-23(7-2)9-8-21-13-17(12-20)19(24)22-18-15(4)10-14(3)11-16(18)5/h10-11,13,21H,6-9H2,1-5H3,(H,22,24)/b17-13-. The fraction of sp³-hybridized carbons (Fsp3) is 0.474. The molecule has 130 valence electrons. The largest absolute Gasteiger partial charge is 0.388 e. The molecule has 0 unspecified atom stereocenters. The molecular formula is C19H28N4O. The summed E-state index contributed by atoms with van der Waals surface area (Å²) in [6.07, 6.45) is 1.50. The van der Waals surface area contributed by atoms with Gasteiger partial charge in [-0.3, -0.25) is 4.79 Å². The molecule has 1 rings (SSSR count). The Labute approximate surface area is 145 Å². The van der Waals surface area contributed by atoms with Crippen molar-refractivity contribution in [3.05, 3.63) is 40.6 Å². The normalized spacial score (nSPS) is 11.3. The second-order valence-electron chi connectivity index (χ2n) is 5.88. The molecule has 0 fully saturated rings. The van der Waals surface area contributed by atoms with Crippen LogP contribution < -0.4 is 10.6 Å². The van der Waals surface area contributed by atoms with Gasteiger partial charge in [-0.15, -0.1) is 0 Å². The van der Waals surface area contributed by atoms with E-state index >= 15 is 0 Å². The highest BCUT2D eigenvalue weighted by atomic mass is 16.1. The van der Waals surface area contributed by atoms with E-state index in [2.05, 4.69) is 29.4 Å². The highest BCUT2D eigenvalue weighted by molar-refractivity contribution is 6.07. The Kier molecular flexibility index (Phi) is 8.00.